The van der Waals surface area contributed by atoms with Crippen LogP contribution in [0.1, 0.15) is 6.42 Å². The molecule has 0 aromatic carbocycles. The third-order valence-corrected chi connectivity index (χ3v) is 3.12. The van der Waals surface area contributed by atoms with E-state index in [1.807, 2.05) is 6.20 Å². The number of hydrogen-bond donors (Lipinski definition) is 3. The summed E-state index contributed by atoms with van der Waals surface area (Å²) in [7, 11) is 0. The Morgan fingerprint density at radius 2 is 2.53 bits per heavy atom. The molecule has 0 amide bonds. The maximum atomic E-state index is 8.98. The van der Waals surface area contributed by atoms with Gasteiger partial charge in [-0.3, -0.25) is 4.57 Å². The molecule has 1 saturated carbocycles. The average molecular weight is 249 g/mol. The maximum Gasteiger partial charge on any atom is 0.200 e. The molecule has 1 aliphatic rings. The number of aromatic nitrogens is 4. The van der Waals surface area contributed by atoms with Crippen molar-refractivity contribution in [1.29, 1.82) is 0 Å². The number of nitrogens with zero attached hydrogens (tertiary/aromatic N) is 3. The topological polar surface area (TPSA) is 92.8 Å². The minimum Gasteiger partial charge on any atom is -0.396 e. The number of rotatable bonds is 2. The molecule has 7 heteroatoms. The predicted molar refractivity (Wildman–Crippen MR) is 66.6 cm³/mol. The van der Waals surface area contributed by atoms with Crippen molar-refractivity contribution in [2.24, 2.45) is 5.92 Å². The fourth-order valence-electron chi connectivity index (χ4n) is 1.78. The second-order valence-corrected chi connectivity index (χ2v) is 4.47. The van der Waals surface area contributed by atoms with Gasteiger partial charge in [0.1, 0.15) is 16.5 Å². The van der Waals surface area contributed by atoms with E-state index in [1.54, 1.807) is 10.9 Å². The molecule has 88 valence electrons. The van der Waals surface area contributed by atoms with Gasteiger partial charge in [-0.2, -0.15) is 4.98 Å². The van der Waals surface area contributed by atoms with Crippen LogP contribution >= 0.6 is 12.2 Å². The van der Waals surface area contributed by atoms with Crippen molar-refractivity contribution in [3.63, 3.8) is 0 Å². The lowest BCUT2D eigenvalue weighted by molar-refractivity contribution is 0.281. The van der Waals surface area contributed by atoms with E-state index in [0.29, 0.717) is 15.8 Å². The highest BCUT2D eigenvalue weighted by molar-refractivity contribution is 7.71. The number of fused-ring (bicyclic) bond motifs is 1. The zero-order valence-electron chi connectivity index (χ0n) is 8.92. The van der Waals surface area contributed by atoms with E-state index in [0.717, 1.165) is 6.42 Å². The molecule has 0 unspecified atom stereocenters. The summed E-state index contributed by atoms with van der Waals surface area (Å²) in [5.41, 5.74) is 8.08. The molecule has 3 rings (SSSR count). The van der Waals surface area contributed by atoms with E-state index in [2.05, 4.69) is 15.0 Å². The predicted octanol–water partition coefficient (Wildman–Crippen LogP) is 0.924. The lowest BCUT2D eigenvalue weighted by Crippen LogP contribution is -1.97. The summed E-state index contributed by atoms with van der Waals surface area (Å²) in [5.74, 6) is 0.556. The second-order valence-electron chi connectivity index (χ2n) is 4.06. The largest absolute Gasteiger partial charge is 0.396 e. The van der Waals surface area contributed by atoms with Gasteiger partial charge in [0.25, 0.3) is 0 Å². The van der Waals surface area contributed by atoms with Crippen molar-refractivity contribution in [3.05, 3.63) is 16.5 Å². The number of anilines is 1. The summed E-state index contributed by atoms with van der Waals surface area (Å²) in [6.07, 6.45) is 4.50. The minimum absolute atomic E-state index is 0.189. The number of H-pyrrole nitrogens is 1. The molecule has 2 heterocycles. The van der Waals surface area contributed by atoms with Gasteiger partial charge in [-0.25, -0.2) is 4.98 Å². The Labute approximate surface area is 102 Å². The van der Waals surface area contributed by atoms with E-state index in [1.165, 1.54) is 5.57 Å². The van der Waals surface area contributed by atoms with Crippen LogP contribution < -0.4 is 5.73 Å². The summed E-state index contributed by atoms with van der Waals surface area (Å²) in [5, 5.41) is 8.98. The molecule has 6 nitrogen and oxygen atoms in total. The first-order valence-corrected chi connectivity index (χ1v) is 5.63. The average Bonchev–Trinajstić information content (AvgIpc) is 2.92. The lowest BCUT2D eigenvalue weighted by atomic mass is 10.4. The van der Waals surface area contributed by atoms with E-state index < -0.39 is 0 Å². The van der Waals surface area contributed by atoms with Crippen molar-refractivity contribution in [1.82, 2.24) is 19.5 Å². The van der Waals surface area contributed by atoms with Crippen LogP contribution in [0.2, 0.25) is 0 Å². The normalized spacial score (nSPS) is 21.2. The van der Waals surface area contributed by atoms with Crippen LogP contribution in [0, 0.1) is 10.6 Å². The summed E-state index contributed by atoms with van der Waals surface area (Å²) < 4.78 is 2.28. The van der Waals surface area contributed by atoms with Crippen LogP contribution in [0.5, 0.6) is 0 Å². The first-order chi connectivity index (χ1) is 8.19. The standard InChI is InChI=1S/C10H11N5OS/c11-10-13-8-7(9(17)14-10)12-4-15(8)2-5-1-6(5)3-16/h2,4,6,16H,1,3H2,(H3,11,13,14,17)/b5-2-/t6-/m1/s1. The SMILES string of the molecule is Nc1nc2c(ncn2/C=C2/C[C@@H]2CO)c(=S)[nH]1. The first-order valence-electron chi connectivity index (χ1n) is 5.23. The fourth-order valence-corrected chi connectivity index (χ4v) is 2.03. The summed E-state index contributed by atoms with van der Waals surface area (Å²) >= 11 is 5.12. The number of aliphatic hydroxyl groups is 1. The van der Waals surface area contributed by atoms with Crippen LogP contribution in [-0.2, 0) is 0 Å². The fraction of sp³-hybridized carbons (Fsp3) is 0.300. The zero-order chi connectivity index (χ0) is 12.0. The molecule has 17 heavy (non-hydrogen) atoms. The second kappa shape index (κ2) is 3.64. The van der Waals surface area contributed by atoms with Crippen molar-refractivity contribution in [2.75, 3.05) is 12.3 Å². The van der Waals surface area contributed by atoms with Crippen molar-refractivity contribution < 1.29 is 5.11 Å². The van der Waals surface area contributed by atoms with E-state index in [9.17, 15) is 0 Å². The molecular formula is C10H11N5OS. The van der Waals surface area contributed by atoms with Gasteiger partial charge in [-0.15, -0.1) is 0 Å². The first kappa shape index (κ1) is 10.4. The molecule has 1 aliphatic carbocycles. The third-order valence-electron chi connectivity index (χ3n) is 2.82. The maximum absolute atomic E-state index is 8.98. The van der Waals surface area contributed by atoms with Gasteiger partial charge < -0.3 is 15.8 Å². The van der Waals surface area contributed by atoms with Crippen molar-refractivity contribution >= 4 is 35.5 Å². The van der Waals surface area contributed by atoms with E-state index in [-0.39, 0.29) is 18.5 Å². The molecule has 0 bridgehead atoms. The highest BCUT2D eigenvalue weighted by Crippen LogP contribution is 2.37. The lowest BCUT2D eigenvalue weighted by Gasteiger charge is -1.97. The van der Waals surface area contributed by atoms with Gasteiger partial charge in [-0.1, -0.05) is 12.2 Å². The molecule has 0 spiro atoms. The molecule has 0 radical (unpaired) electrons. The monoisotopic (exact) mass is 249 g/mol. The molecule has 4 N–H and O–H groups in total. The molecule has 1 atom stereocenters. The molecular weight excluding hydrogens is 238 g/mol. The van der Waals surface area contributed by atoms with Crippen molar-refractivity contribution in [3.8, 4) is 0 Å². The van der Waals surface area contributed by atoms with Gasteiger partial charge in [0.15, 0.2) is 5.65 Å². The number of nitrogens with two attached hydrogens (primary N) is 1. The van der Waals surface area contributed by atoms with Gasteiger partial charge in [0.2, 0.25) is 5.95 Å². The number of aromatic amines is 1. The number of imidazole rings is 1. The van der Waals surface area contributed by atoms with E-state index >= 15 is 0 Å². The highest BCUT2D eigenvalue weighted by atomic mass is 32.1. The number of hydrogen-bond acceptors (Lipinski definition) is 5. The molecule has 0 saturated heterocycles. The Morgan fingerprint density at radius 3 is 3.24 bits per heavy atom. The van der Waals surface area contributed by atoms with Gasteiger partial charge in [0, 0.05) is 18.7 Å². The van der Waals surface area contributed by atoms with Crippen LogP contribution in [0.3, 0.4) is 0 Å². The molecule has 1 fully saturated rings. The molecule has 2 aromatic rings. The smallest absolute Gasteiger partial charge is 0.200 e. The minimum atomic E-state index is 0.189. The van der Waals surface area contributed by atoms with Crippen molar-refractivity contribution in [2.45, 2.75) is 6.42 Å². The van der Waals surface area contributed by atoms with Gasteiger partial charge in [0.05, 0.1) is 0 Å². The Hall–Kier alpha value is -1.73. The quantitative estimate of drug-likeness (QED) is 0.688. The van der Waals surface area contributed by atoms with Crippen LogP contribution in [-0.4, -0.2) is 31.2 Å². The zero-order valence-corrected chi connectivity index (χ0v) is 9.74. The number of nitrogens with one attached hydrogen (secondary N) is 1. The van der Waals surface area contributed by atoms with Gasteiger partial charge in [-0.05, 0) is 12.0 Å². The number of nitrogen functional groups attached to an aromatic ring is 1. The highest BCUT2D eigenvalue weighted by Gasteiger charge is 2.28. The third kappa shape index (κ3) is 1.73. The number of aliphatic hydroxyl groups excluding tert-OH is 1. The summed E-state index contributed by atoms with van der Waals surface area (Å²) in [6.45, 7) is 0.189. The Kier molecular flexibility index (Phi) is 2.23. The van der Waals surface area contributed by atoms with Crippen LogP contribution in [0.15, 0.2) is 11.9 Å². The summed E-state index contributed by atoms with van der Waals surface area (Å²) in [6, 6.07) is 0. The van der Waals surface area contributed by atoms with E-state index in [4.69, 9.17) is 23.1 Å². The Bertz CT molecular complexity index is 671. The Morgan fingerprint density at radius 1 is 1.71 bits per heavy atom. The Balaban J connectivity index is 2.13. The van der Waals surface area contributed by atoms with Crippen LogP contribution in [0.4, 0.5) is 5.95 Å². The van der Waals surface area contributed by atoms with Gasteiger partial charge >= 0.3 is 0 Å². The molecule has 0 aliphatic heterocycles. The van der Waals surface area contributed by atoms with Crippen LogP contribution in [0.25, 0.3) is 17.4 Å². The summed E-state index contributed by atoms with van der Waals surface area (Å²) in [4.78, 5) is 11.1. The molecule has 2 aromatic heterocycles.